The number of nitrogens with one attached hydrogen (secondary N) is 1. The predicted octanol–water partition coefficient (Wildman–Crippen LogP) is 8.03. The van der Waals surface area contributed by atoms with Crippen molar-refractivity contribution in [2.75, 3.05) is 29.9 Å². The molecule has 1 fully saturated rings. The Bertz CT molecular complexity index is 2030. The van der Waals surface area contributed by atoms with Gasteiger partial charge in [0.25, 0.3) is 17.8 Å². The van der Waals surface area contributed by atoms with Crippen LogP contribution in [0.3, 0.4) is 0 Å². The third-order valence-electron chi connectivity index (χ3n) is 9.47. The number of hydrogen-bond acceptors (Lipinski definition) is 7. The summed E-state index contributed by atoms with van der Waals surface area (Å²) in [6.45, 7) is 2.30. The van der Waals surface area contributed by atoms with Gasteiger partial charge >= 0.3 is 6.18 Å². The van der Waals surface area contributed by atoms with E-state index in [1.54, 1.807) is 11.9 Å². The maximum absolute atomic E-state index is 15.2. The summed E-state index contributed by atoms with van der Waals surface area (Å²) in [7, 11) is 1.63. The molecule has 2 aromatic carbocycles. The normalized spacial score (nSPS) is 17.7. The fraction of sp³-hybridized carbons (Fsp3) is 0.417. The third-order valence-corrected chi connectivity index (χ3v) is 9.47. The standard InChI is InChI=1S/C36H35F7N8O/c1-21-17-50(11-8-35(21,39)40)18-22-12-27-28(29(13-22)34(2,37)38)19-51(33(27)52)31-15-23(14-30(47-31)45-10-5-4-9-44)26-16-24(36(41,42)43)6-7-25(26)32-48-46-20-49(32)3/h6-7,12-16,20-21H,4-5,8,10-11,17-19H2,1-3H3,(H,45,47). The minimum atomic E-state index is -4.69. The lowest BCUT2D eigenvalue weighted by Crippen LogP contribution is -2.45. The molecule has 4 heterocycles. The molecule has 9 nitrogen and oxygen atoms in total. The number of likely N-dealkylation sites (tertiary alicyclic amines) is 1. The van der Waals surface area contributed by atoms with Gasteiger partial charge in [-0.05, 0) is 71.1 Å². The number of fused-ring (bicyclic) bond motifs is 1. The van der Waals surface area contributed by atoms with Crippen LogP contribution in [0.2, 0.25) is 0 Å². The number of nitriles is 1. The summed E-state index contributed by atoms with van der Waals surface area (Å²) in [6.07, 6.45) is -3.03. The second-order valence-electron chi connectivity index (χ2n) is 13.4. The number of rotatable bonds is 10. The first-order chi connectivity index (χ1) is 24.5. The van der Waals surface area contributed by atoms with Crippen molar-refractivity contribution in [3.8, 4) is 28.6 Å². The van der Waals surface area contributed by atoms with Crippen molar-refractivity contribution < 1.29 is 35.5 Å². The van der Waals surface area contributed by atoms with Crippen LogP contribution in [0.4, 0.5) is 42.4 Å². The molecule has 0 spiro atoms. The molecule has 1 N–H and O–H groups in total. The lowest BCUT2D eigenvalue weighted by Gasteiger charge is -2.36. The van der Waals surface area contributed by atoms with Crippen molar-refractivity contribution in [3.05, 3.63) is 76.6 Å². The molecule has 0 aliphatic carbocycles. The number of unbranched alkanes of at least 4 members (excludes halogenated alkanes) is 1. The SMILES string of the molecule is CC1CN(Cc2cc3c(c(C(C)(F)F)c2)CN(c2cc(-c4cc(C(F)(F)F)ccc4-c4nncn4C)cc(NCCCC#N)n2)C3=O)CCC1(F)F. The number of hydrogen-bond donors (Lipinski definition) is 1. The lowest BCUT2D eigenvalue weighted by atomic mass is 9.93. The number of nitrogens with zero attached hydrogens (tertiary/aromatic N) is 7. The Balaban J connectivity index is 1.43. The van der Waals surface area contributed by atoms with Crippen LogP contribution in [0.15, 0.2) is 48.8 Å². The van der Waals surface area contributed by atoms with E-state index >= 15 is 8.78 Å². The topological polar surface area (TPSA) is 103 Å². The fourth-order valence-corrected chi connectivity index (χ4v) is 6.67. The van der Waals surface area contributed by atoms with Gasteiger partial charge in [0.2, 0.25) is 0 Å². The maximum atomic E-state index is 15.2. The van der Waals surface area contributed by atoms with E-state index in [9.17, 15) is 26.7 Å². The van der Waals surface area contributed by atoms with Crippen LogP contribution in [-0.4, -0.2) is 56.1 Å². The van der Waals surface area contributed by atoms with Crippen molar-refractivity contribution in [2.24, 2.45) is 13.0 Å². The smallest absolute Gasteiger partial charge is 0.370 e. The molecule has 2 aromatic heterocycles. The number of anilines is 2. The molecule has 0 radical (unpaired) electrons. The van der Waals surface area contributed by atoms with E-state index in [0.29, 0.717) is 24.5 Å². The number of carbonyl (C=O) groups is 1. The number of aromatic nitrogens is 4. The van der Waals surface area contributed by atoms with E-state index in [4.69, 9.17) is 5.26 Å². The molecule has 274 valence electrons. The van der Waals surface area contributed by atoms with Crippen LogP contribution in [0.5, 0.6) is 0 Å². The molecule has 6 rings (SSSR count). The highest BCUT2D eigenvalue weighted by Gasteiger charge is 2.42. The van der Waals surface area contributed by atoms with Crippen LogP contribution in [0.1, 0.15) is 65.7 Å². The first kappa shape index (κ1) is 36.7. The number of carbonyl (C=O) groups excluding carboxylic acids is 1. The number of piperidine rings is 1. The van der Waals surface area contributed by atoms with Gasteiger partial charge in [0.1, 0.15) is 18.0 Å². The molecule has 16 heteroatoms. The molecule has 4 aromatic rings. The van der Waals surface area contributed by atoms with E-state index in [1.807, 2.05) is 6.07 Å². The van der Waals surface area contributed by atoms with Gasteiger partial charge < -0.3 is 9.88 Å². The monoisotopic (exact) mass is 728 g/mol. The number of alkyl halides is 7. The Morgan fingerprint density at radius 2 is 1.83 bits per heavy atom. The molecule has 2 aliphatic rings. The molecule has 0 saturated carbocycles. The van der Waals surface area contributed by atoms with Crippen LogP contribution >= 0.6 is 0 Å². The minimum Gasteiger partial charge on any atom is -0.370 e. The second-order valence-corrected chi connectivity index (χ2v) is 13.4. The largest absolute Gasteiger partial charge is 0.416 e. The molecule has 1 saturated heterocycles. The summed E-state index contributed by atoms with van der Waals surface area (Å²) in [5.41, 5.74) is -0.274. The molecule has 52 heavy (non-hydrogen) atoms. The molecular weight excluding hydrogens is 693 g/mol. The second kappa shape index (κ2) is 13.8. The number of benzene rings is 2. The third kappa shape index (κ3) is 7.45. The van der Waals surface area contributed by atoms with Crippen molar-refractivity contribution in [3.63, 3.8) is 0 Å². The molecule has 0 bridgehead atoms. The molecular formula is C36H35F7N8O. The van der Waals surface area contributed by atoms with Crippen LogP contribution < -0.4 is 10.2 Å². The van der Waals surface area contributed by atoms with Crippen molar-refractivity contribution >= 4 is 17.5 Å². The minimum absolute atomic E-state index is 0.000937. The van der Waals surface area contributed by atoms with Gasteiger partial charge in [0, 0.05) is 75.6 Å². The Kier molecular flexibility index (Phi) is 9.77. The summed E-state index contributed by atoms with van der Waals surface area (Å²) in [5.74, 6) is -7.37. The van der Waals surface area contributed by atoms with Crippen LogP contribution in [-0.2, 0) is 32.2 Å². The first-order valence-electron chi connectivity index (χ1n) is 16.6. The highest BCUT2D eigenvalue weighted by atomic mass is 19.4. The first-order valence-corrected chi connectivity index (χ1v) is 16.6. The Morgan fingerprint density at radius 1 is 1.06 bits per heavy atom. The summed E-state index contributed by atoms with van der Waals surface area (Å²) in [5, 5.41) is 20.0. The van der Waals surface area contributed by atoms with E-state index < -0.39 is 35.4 Å². The van der Waals surface area contributed by atoms with Gasteiger partial charge in [0.15, 0.2) is 5.82 Å². The van der Waals surface area contributed by atoms with E-state index in [1.165, 1.54) is 53.0 Å². The van der Waals surface area contributed by atoms with E-state index in [0.717, 1.165) is 12.1 Å². The fourth-order valence-electron chi connectivity index (χ4n) is 6.67. The summed E-state index contributed by atoms with van der Waals surface area (Å²) < 4.78 is 102. The van der Waals surface area contributed by atoms with E-state index in [-0.39, 0.29) is 90.8 Å². The average molecular weight is 729 g/mol. The van der Waals surface area contributed by atoms with Gasteiger partial charge in [0.05, 0.1) is 18.2 Å². The zero-order valence-electron chi connectivity index (χ0n) is 28.5. The molecule has 1 amide bonds. The Hall–Kier alpha value is -5.04. The highest BCUT2D eigenvalue weighted by Crippen LogP contribution is 2.42. The van der Waals surface area contributed by atoms with Crippen molar-refractivity contribution in [1.29, 1.82) is 5.26 Å². The van der Waals surface area contributed by atoms with E-state index in [2.05, 4.69) is 20.5 Å². The lowest BCUT2D eigenvalue weighted by molar-refractivity contribution is -0.137. The summed E-state index contributed by atoms with van der Waals surface area (Å²) in [4.78, 5) is 21.6. The van der Waals surface area contributed by atoms with Gasteiger partial charge in [-0.25, -0.2) is 22.5 Å². The zero-order chi connectivity index (χ0) is 37.6. The number of halogens is 7. The molecule has 1 atom stereocenters. The summed E-state index contributed by atoms with van der Waals surface area (Å²) in [6, 6.07) is 10.9. The molecule has 1 unspecified atom stereocenters. The summed E-state index contributed by atoms with van der Waals surface area (Å²) >= 11 is 0. The van der Waals surface area contributed by atoms with Crippen LogP contribution in [0.25, 0.3) is 22.5 Å². The predicted molar refractivity (Wildman–Crippen MR) is 179 cm³/mol. The number of pyridine rings is 1. The highest BCUT2D eigenvalue weighted by molar-refractivity contribution is 6.10. The van der Waals surface area contributed by atoms with Gasteiger partial charge in [-0.15, -0.1) is 10.2 Å². The number of aryl methyl sites for hydroxylation is 1. The van der Waals surface area contributed by atoms with Crippen molar-refractivity contribution in [2.45, 2.75) is 64.2 Å². The van der Waals surface area contributed by atoms with Crippen LogP contribution in [0, 0.1) is 17.2 Å². The Morgan fingerprint density at radius 3 is 2.48 bits per heavy atom. The van der Waals surface area contributed by atoms with Crippen molar-refractivity contribution in [1.82, 2.24) is 24.6 Å². The van der Waals surface area contributed by atoms with Gasteiger partial charge in [-0.1, -0.05) is 6.92 Å². The molecule has 2 aliphatic heterocycles. The maximum Gasteiger partial charge on any atom is 0.416 e. The van der Waals surface area contributed by atoms with Gasteiger partial charge in [-0.3, -0.25) is 14.6 Å². The zero-order valence-corrected chi connectivity index (χ0v) is 28.5. The number of amides is 1. The quantitative estimate of drug-likeness (QED) is 0.130. The average Bonchev–Trinajstić information content (AvgIpc) is 3.65. The van der Waals surface area contributed by atoms with Gasteiger partial charge in [-0.2, -0.15) is 18.4 Å². The Labute approximate surface area is 295 Å².